The van der Waals surface area contributed by atoms with Gasteiger partial charge in [0.15, 0.2) is 29.5 Å². The highest BCUT2D eigenvalue weighted by Crippen LogP contribution is 2.38. The average molecular weight is 773 g/mol. The van der Waals surface area contributed by atoms with Crippen LogP contribution in [0.4, 0.5) is 0 Å². The van der Waals surface area contributed by atoms with Crippen molar-refractivity contribution in [1.29, 1.82) is 0 Å². The number of hydrogen-bond acceptors (Lipinski definition) is 19. The minimum atomic E-state index is -2.02. The molecule has 1 aromatic heterocycles. The first-order chi connectivity index (χ1) is 26.2. The minimum Gasteiger partial charge on any atom is -0.508 e. The lowest BCUT2D eigenvalue weighted by Gasteiger charge is -2.41. The maximum Gasteiger partial charge on any atom is 0.331 e. The minimum absolute atomic E-state index is 0.135. The number of phenols is 4. The standard InChI is InChI=1S/C36H36O19/c37-12-22-26(44)29(47)30(48)35(52-22)51-20-7-1-14(9-18(20)41)2-8-24(43)54-33-27(45)23(13-38)53-36(31(33)49)55-34-28(46)25-19(42)10-17(40)11-21(25)50-32(34)15-3-5-16(39)6-4-15/h1-11,22-23,26-27,29-31,33,35-42,44-45,47-49H,12-13H2. The Hall–Kier alpha value is -5.48. The van der Waals surface area contributed by atoms with Gasteiger partial charge >= 0.3 is 5.97 Å². The van der Waals surface area contributed by atoms with Crippen LogP contribution in [0.1, 0.15) is 5.56 Å². The summed E-state index contributed by atoms with van der Waals surface area (Å²) in [7, 11) is 0. The number of rotatable bonds is 10. The molecule has 0 saturated carbocycles. The smallest absolute Gasteiger partial charge is 0.331 e. The molecule has 19 nitrogen and oxygen atoms in total. The van der Waals surface area contributed by atoms with Crippen molar-refractivity contribution < 1.29 is 89.1 Å². The van der Waals surface area contributed by atoms with E-state index in [0.717, 1.165) is 24.3 Å². The predicted molar refractivity (Wildman–Crippen MR) is 183 cm³/mol. The average Bonchev–Trinajstić information content (AvgIpc) is 3.15. The fourth-order valence-electron chi connectivity index (χ4n) is 5.95. The first-order valence-corrected chi connectivity index (χ1v) is 16.5. The van der Waals surface area contributed by atoms with Gasteiger partial charge in [0.1, 0.15) is 64.8 Å². The number of fused-ring (bicyclic) bond motifs is 1. The molecular formula is C36H36O19. The third-order valence-corrected chi connectivity index (χ3v) is 8.84. The second kappa shape index (κ2) is 16.1. The van der Waals surface area contributed by atoms with Crippen LogP contribution in [0.15, 0.2) is 69.9 Å². The molecule has 0 bridgehead atoms. The van der Waals surface area contributed by atoms with E-state index in [1.807, 2.05) is 0 Å². The van der Waals surface area contributed by atoms with Crippen LogP contribution in [0.2, 0.25) is 0 Å². The maximum absolute atomic E-state index is 13.7. The van der Waals surface area contributed by atoms with E-state index in [1.165, 1.54) is 42.5 Å². The summed E-state index contributed by atoms with van der Waals surface area (Å²) in [6, 6.07) is 10.9. The van der Waals surface area contributed by atoms with Crippen molar-refractivity contribution in [1.82, 2.24) is 0 Å². The molecule has 3 aromatic carbocycles. The first kappa shape index (κ1) is 39.2. The summed E-state index contributed by atoms with van der Waals surface area (Å²) in [6.45, 7) is -1.57. The fourth-order valence-corrected chi connectivity index (χ4v) is 5.95. The van der Waals surface area contributed by atoms with Gasteiger partial charge in [0, 0.05) is 23.8 Å². The number of ether oxygens (including phenoxy) is 5. The molecule has 2 aliphatic rings. The maximum atomic E-state index is 13.7. The molecule has 4 aromatic rings. The molecule has 2 fully saturated rings. The Morgan fingerprint density at radius 2 is 1.36 bits per heavy atom. The Kier molecular flexibility index (Phi) is 11.5. The van der Waals surface area contributed by atoms with Gasteiger partial charge < -0.3 is 84.3 Å². The van der Waals surface area contributed by atoms with Crippen LogP contribution < -0.4 is 14.9 Å². The SMILES string of the molecule is O=C(C=Cc1ccc(OC2OC(CO)C(O)C(O)C2O)c(O)c1)OC1C(O)C(CO)OC(Oc2c(-c3ccc(O)cc3)oc3cc(O)cc(O)c3c2=O)C1O. The zero-order valence-electron chi connectivity index (χ0n) is 28.2. The van der Waals surface area contributed by atoms with Crippen LogP contribution in [-0.2, 0) is 19.0 Å². The van der Waals surface area contributed by atoms with Gasteiger partial charge in [-0.25, -0.2) is 4.79 Å². The second-order valence-electron chi connectivity index (χ2n) is 12.6. The molecule has 6 rings (SSSR count). The van der Waals surface area contributed by atoms with Crippen molar-refractivity contribution in [2.75, 3.05) is 13.2 Å². The van der Waals surface area contributed by atoms with Gasteiger partial charge in [0.2, 0.25) is 23.8 Å². The summed E-state index contributed by atoms with van der Waals surface area (Å²) >= 11 is 0. The van der Waals surface area contributed by atoms with Crippen molar-refractivity contribution in [3.05, 3.63) is 76.5 Å². The van der Waals surface area contributed by atoms with E-state index in [-0.39, 0.29) is 34.0 Å². The van der Waals surface area contributed by atoms with Crippen molar-refractivity contribution in [3.63, 3.8) is 0 Å². The third-order valence-electron chi connectivity index (χ3n) is 8.84. The lowest BCUT2D eigenvalue weighted by atomic mass is 9.99. The Morgan fingerprint density at radius 1 is 0.709 bits per heavy atom. The molecule has 0 aliphatic carbocycles. The second-order valence-corrected chi connectivity index (χ2v) is 12.6. The van der Waals surface area contributed by atoms with Gasteiger partial charge in [-0.3, -0.25) is 4.79 Å². The Balaban J connectivity index is 1.20. The number of carbonyl (C=O) groups excluding carboxylic acids is 1. The molecular weight excluding hydrogens is 736 g/mol. The summed E-state index contributed by atoms with van der Waals surface area (Å²) in [5, 5.41) is 112. The van der Waals surface area contributed by atoms with Crippen LogP contribution >= 0.6 is 0 Å². The molecule has 11 N–H and O–H groups in total. The molecule has 55 heavy (non-hydrogen) atoms. The highest BCUT2D eigenvalue weighted by Gasteiger charge is 2.48. The molecule has 2 aliphatic heterocycles. The number of aliphatic hydroxyl groups is 7. The lowest BCUT2D eigenvalue weighted by molar-refractivity contribution is -0.280. The van der Waals surface area contributed by atoms with Crippen LogP contribution in [0.25, 0.3) is 28.4 Å². The van der Waals surface area contributed by atoms with E-state index in [4.69, 9.17) is 28.1 Å². The van der Waals surface area contributed by atoms with Gasteiger partial charge in [-0.1, -0.05) is 6.07 Å². The first-order valence-electron chi connectivity index (χ1n) is 16.5. The van der Waals surface area contributed by atoms with Gasteiger partial charge in [0.25, 0.3) is 0 Å². The number of aromatic hydroxyl groups is 4. The van der Waals surface area contributed by atoms with Crippen molar-refractivity contribution >= 4 is 23.0 Å². The Bertz CT molecular complexity index is 2100. The number of phenolic OH excluding ortho intramolecular Hbond substituents is 4. The summed E-state index contributed by atoms with van der Waals surface area (Å²) in [5.74, 6) is -4.07. The van der Waals surface area contributed by atoms with Crippen molar-refractivity contribution in [2.45, 2.75) is 61.4 Å². The summed E-state index contributed by atoms with van der Waals surface area (Å²) in [5.41, 5.74) is -0.894. The number of benzene rings is 3. The fraction of sp³-hybridized carbons (Fsp3) is 0.333. The number of esters is 1. The lowest BCUT2D eigenvalue weighted by Crippen LogP contribution is -2.61. The normalized spacial score (nSPS) is 28.3. The van der Waals surface area contributed by atoms with Gasteiger partial charge in [-0.2, -0.15) is 0 Å². The van der Waals surface area contributed by atoms with Crippen molar-refractivity contribution in [2.24, 2.45) is 0 Å². The zero-order chi connectivity index (χ0) is 39.7. The molecule has 0 spiro atoms. The molecule has 294 valence electrons. The third kappa shape index (κ3) is 8.01. The summed E-state index contributed by atoms with van der Waals surface area (Å²) in [4.78, 5) is 26.7. The Labute approximate surface area is 308 Å². The zero-order valence-corrected chi connectivity index (χ0v) is 28.2. The van der Waals surface area contributed by atoms with E-state index < -0.39 is 114 Å². The molecule has 3 heterocycles. The molecule has 19 heteroatoms. The number of aliphatic hydroxyl groups excluding tert-OH is 7. The largest absolute Gasteiger partial charge is 0.508 e. The topological polar surface area (TPSA) is 316 Å². The summed E-state index contributed by atoms with van der Waals surface area (Å²) in [6.07, 6.45) is -15.0. The molecule has 0 amide bonds. The van der Waals surface area contributed by atoms with Crippen LogP contribution in [0.3, 0.4) is 0 Å². The summed E-state index contributed by atoms with van der Waals surface area (Å²) < 4.78 is 33.2. The van der Waals surface area contributed by atoms with E-state index in [2.05, 4.69) is 0 Å². The van der Waals surface area contributed by atoms with E-state index in [1.54, 1.807) is 0 Å². The highest BCUT2D eigenvalue weighted by molar-refractivity contribution is 5.88. The van der Waals surface area contributed by atoms with Crippen LogP contribution in [0.5, 0.6) is 34.5 Å². The molecule has 10 unspecified atom stereocenters. The van der Waals surface area contributed by atoms with E-state index in [0.29, 0.717) is 0 Å². The van der Waals surface area contributed by atoms with Crippen molar-refractivity contribution in [3.8, 4) is 45.8 Å². The highest BCUT2D eigenvalue weighted by atomic mass is 16.7. The molecule has 2 saturated heterocycles. The quantitative estimate of drug-likeness (QED) is 0.0673. The number of carbonyl (C=O) groups is 1. The monoisotopic (exact) mass is 772 g/mol. The van der Waals surface area contributed by atoms with E-state index in [9.17, 15) is 65.8 Å². The van der Waals surface area contributed by atoms with Crippen LogP contribution in [0, 0.1) is 0 Å². The Morgan fingerprint density at radius 3 is 2.02 bits per heavy atom. The molecule has 0 radical (unpaired) electrons. The van der Waals surface area contributed by atoms with Gasteiger partial charge in [-0.15, -0.1) is 0 Å². The van der Waals surface area contributed by atoms with Gasteiger partial charge in [0.05, 0.1) is 13.2 Å². The predicted octanol–water partition coefficient (Wildman–Crippen LogP) is -1.10. The van der Waals surface area contributed by atoms with Crippen LogP contribution in [-0.4, -0.2) is 137 Å². The van der Waals surface area contributed by atoms with Gasteiger partial charge in [-0.05, 0) is 48.0 Å². The van der Waals surface area contributed by atoms with E-state index >= 15 is 0 Å². The molecule has 10 atom stereocenters. The number of hydrogen-bond donors (Lipinski definition) is 11.